The summed E-state index contributed by atoms with van der Waals surface area (Å²) < 4.78 is 0. The van der Waals surface area contributed by atoms with Gasteiger partial charge in [-0.15, -0.1) is 0 Å². The lowest BCUT2D eigenvalue weighted by Crippen LogP contribution is -2.43. The van der Waals surface area contributed by atoms with Crippen molar-refractivity contribution in [3.63, 3.8) is 0 Å². The van der Waals surface area contributed by atoms with E-state index in [4.69, 9.17) is 0 Å². The van der Waals surface area contributed by atoms with Crippen LogP contribution in [0.25, 0.3) is 0 Å². The van der Waals surface area contributed by atoms with E-state index in [9.17, 15) is 0 Å². The lowest BCUT2D eigenvalue weighted by molar-refractivity contribution is 0.624. The molecule has 17 heavy (non-hydrogen) atoms. The van der Waals surface area contributed by atoms with Crippen LogP contribution in [-0.2, 0) is 0 Å². The molecule has 1 radical (unpaired) electrons. The Morgan fingerprint density at radius 1 is 0.824 bits per heavy atom. The summed E-state index contributed by atoms with van der Waals surface area (Å²) in [5.74, 6) is 0. The summed E-state index contributed by atoms with van der Waals surface area (Å²) in [6.07, 6.45) is 11.9. The molecule has 0 nitrogen and oxygen atoms in total. The molecule has 1 heteroatoms. The van der Waals surface area contributed by atoms with Crippen molar-refractivity contribution in [3.05, 3.63) is 5.54 Å². The zero-order valence-corrected chi connectivity index (χ0v) is 13.6. The molecule has 0 aromatic rings. The quantitative estimate of drug-likeness (QED) is 0.528. The molecule has 0 aromatic carbocycles. The van der Waals surface area contributed by atoms with E-state index in [1.807, 2.05) is 0 Å². The molecular weight excluding hydrogens is 220 g/mol. The number of rotatable bonds is 4. The van der Waals surface area contributed by atoms with Gasteiger partial charge in [-0.3, -0.25) is 0 Å². The van der Waals surface area contributed by atoms with Crippen molar-refractivity contribution in [3.8, 4) is 0 Å². The molecule has 0 amide bonds. The molecular formula is C16H33Si. The maximum atomic E-state index is 2.50. The van der Waals surface area contributed by atoms with Gasteiger partial charge in [-0.1, -0.05) is 83.8 Å². The van der Waals surface area contributed by atoms with Gasteiger partial charge in [0.15, 0.2) is 0 Å². The van der Waals surface area contributed by atoms with Gasteiger partial charge in [-0.2, -0.15) is 0 Å². The molecule has 0 aliphatic heterocycles. The predicted octanol–water partition coefficient (Wildman–Crippen LogP) is 6.13. The molecule has 0 atom stereocenters. The summed E-state index contributed by atoms with van der Waals surface area (Å²) in [5, 5.41) is 0. The highest BCUT2D eigenvalue weighted by Crippen LogP contribution is 2.42. The second kappa shape index (κ2) is 7.61. The number of hydrogen-bond acceptors (Lipinski definition) is 0. The summed E-state index contributed by atoms with van der Waals surface area (Å²) in [7, 11) is -1.08. The minimum atomic E-state index is -1.08. The average molecular weight is 254 g/mol. The fraction of sp³-hybridized carbons (Fsp3) is 0.938. The largest absolute Gasteiger partial charge is 0.0677 e. The maximum absolute atomic E-state index is 2.50. The van der Waals surface area contributed by atoms with E-state index >= 15 is 0 Å². The summed E-state index contributed by atoms with van der Waals surface area (Å²) in [4.78, 5) is 0. The van der Waals surface area contributed by atoms with Crippen LogP contribution in [0, 0.1) is 5.54 Å². The van der Waals surface area contributed by atoms with E-state index in [2.05, 4.69) is 33.2 Å². The van der Waals surface area contributed by atoms with Crippen molar-refractivity contribution in [2.45, 2.75) is 96.7 Å². The molecule has 1 aliphatic carbocycles. The first-order valence-corrected chi connectivity index (χ1v) is 10.5. The monoisotopic (exact) mass is 253 g/mol. The minimum Gasteiger partial charge on any atom is -0.0677 e. The van der Waals surface area contributed by atoms with Gasteiger partial charge in [-0.25, -0.2) is 0 Å². The molecule has 0 aromatic heterocycles. The van der Waals surface area contributed by atoms with E-state index in [1.54, 1.807) is 0 Å². The first-order chi connectivity index (χ1) is 8.17. The van der Waals surface area contributed by atoms with Gasteiger partial charge in [0, 0.05) is 0 Å². The van der Waals surface area contributed by atoms with Crippen molar-refractivity contribution in [2.24, 2.45) is 0 Å². The highest BCUT2D eigenvalue weighted by Gasteiger charge is 2.40. The van der Waals surface area contributed by atoms with Gasteiger partial charge in [-0.05, 0) is 18.4 Å². The molecule has 101 valence electrons. The van der Waals surface area contributed by atoms with E-state index in [0.29, 0.717) is 0 Å². The molecule has 1 fully saturated rings. The summed E-state index contributed by atoms with van der Waals surface area (Å²) in [6, 6.07) is 2.97. The van der Waals surface area contributed by atoms with Gasteiger partial charge in [0.1, 0.15) is 0 Å². The van der Waals surface area contributed by atoms with Crippen molar-refractivity contribution in [2.75, 3.05) is 0 Å². The maximum Gasteiger partial charge on any atom is 0.0620 e. The second-order valence-electron chi connectivity index (χ2n) is 6.24. The fourth-order valence-electron chi connectivity index (χ4n) is 3.98. The van der Waals surface area contributed by atoms with Crippen LogP contribution in [0.3, 0.4) is 0 Å². The van der Waals surface area contributed by atoms with Crippen LogP contribution in [0.5, 0.6) is 0 Å². The van der Waals surface area contributed by atoms with Crippen LogP contribution in [0.1, 0.15) is 79.1 Å². The first-order valence-electron chi connectivity index (χ1n) is 8.02. The summed E-state index contributed by atoms with van der Waals surface area (Å²) in [5.41, 5.74) is 3.01. The Kier molecular flexibility index (Phi) is 6.84. The van der Waals surface area contributed by atoms with Crippen molar-refractivity contribution < 1.29 is 0 Å². The van der Waals surface area contributed by atoms with E-state index in [1.165, 1.54) is 63.5 Å². The second-order valence-corrected chi connectivity index (χ2v) is 11.8. The van der Waals surface area contributed by atoms with Crippen molar-refractivity contribution in [1.29, 1.82) is 0 Å². The SMILES string of the molecule is CC[Si](CC)([C]1CCCCCCCC1)C(C)C. The van der Waals surface area contributed by atoms with Gasteiger partial charge in [0.25, 0.3) is 0 Å². The molecule has 0 heterocycles. The van der Waals surface area contributed by atoms with Crippen LogP contribution < -0.4 is 0 Å². The third-order valence-corrected chi connectivity index (χ3v) is 11.9. The Labute approximate surface area is 111 Å². The minimum absolute atomic E-state index is 0.952. The van der Waals surface area contributed by atoms with Crippen LogP contribution in [0.2, 0.25) is 17.6 Å². The lowest BCUT2D eigenvalue weighted by Gasteiger charge is -2.41. The predicted molar refractivity (Wildman–Crippen MR) is 82.0 cm³/mol. The van der Waals surface area contributed by atoms with Gasteiger partial charge >= 0.3 is 0 Å². The first kappa shape index (κ1) is 15.3. The van der Waals surface area contributed by atoms with Gasteiger partial charge < -0.3 is 0 Å². The molecule has 0 spiro atoms. The van der Waals surface area contributed by atoms with E-state index < -0.39 is 8.07 Å². The van der Waals surface area contributed by atoms with Crippen molar-refractivity contribution in [1.82, 2.24) is 0 Å². The van der Waals surface area contributed by atoms with E-state index in [-0.39, 0.29) is 0 Å². The van der Waals surface area contributed by atoms with Gasteiger partial charge in [0.2, 0.25) is 0 Å². The molecule has 0 bridgehead atoms. The fourth-order valence-corrected chi connectivity index (χ4v) is 9.28. The normalized spacial score (nSPS) is 21.0. The Hall–Kier alpha value is 0.217. The van der Waals surface area contributed by atoms with E-state index in [0.717, 1.165) is 5.54 Å². The van der Waals surface area contributed by atoms with Crippen LogP contribution in [0.4, 0.5) is 0 Å². The lowest BCUT2D eigenvalue weighted by atomic mass is 10.1. The molecule has 1 rings (SSSR count). The third kappa shape index (κ3) is 3.84. The molecule has 0 N–H and O–H groups in total. The Bertz CT molecular complexity index is 184. The molecule has 1 saturated carbocycles. The van der Waals surface area contributed by atoms with Crippen LogP contribution >= 0.6 is 0 Å². The highest BCUT2D eigenvalue weighted by molar-refractivity contribution is 6.86. The smallest absolute Gasteiger partial charge is 0.0620 e. The molecule has 0 unspecified atom stereocenters. The topological polar surface area (TPSA) is 0 Å². The third-order valence-electron chi connectivity index (χ3n) is 5.28. The highest BCUT2D eigenvalue weighted by atomic mass is 28.3. The standard InChI is InChI=1S/C16H33Si/c1-5-17(6-2,15(3)4)16-13-11-9-7-8-10-12-14-16/h15H,5-14H2,1-4H3. The molecule has 0 saturated heterocycles. The zero-order valence-electron chi connectivity index (χ0n) is 12.6. The summed E-state index contributed by atoms with van der Waals surface area (Å²) >= 11 is 0. The van der Waals surface area contributed by atoms with Gasteiger partial charge in [0.05, 0.1) is 8.07 Å². The average Bonchev–Trinajstić information content (AvgIpc) is 2.45. The Morgan fingerprint density at radius 3 is 1.59 bits per heavy atom. The summed E-state index contributed by atoms with van der Waals surface area (Å²) in [6.45, 7) is 9.93. The zero-order chi connectivity index (χ0) is 12.7. The Morgan fingerprint density at radius 2 is 1.24 bits per heavy atom. The number of hydrogen-bond donors (Lipinski definition) is 0. The van der Waals surface area contributed by atoms with Crippen LogP contribution in [-0.4, -0.2) is 8.07 Å². The Balaban J connectivity index is 2.74. The molecule has 1 aliphatic rings. The van der Waals surface area contributed by atoms with Crippen LogP contribution in [0.15, 0.2) is 0 Å². The van der Waals surface area contributed by atoms with Crippen molar-refractivity contribution >= 4 is 8.07 Å².